The topological polar surface area (TPSA) is 23.6 Å². The molecule has 1 aromatic rings. The molecule has 1 aromatic heterocycles. The quantitative estimate of drug-likeness (QED) is 0.764. The molecule has 0 aromatic carbocycles. The van der Waals surface area contributed by atoms with Crippen molar-refractivity contribution in [3.63, 3.8) is 0 Å². The average molecular weight is 266 g/mol. The molecule has 0 N–H and O–H groups in total. The van der Waals surface area contributed by atoms with E-state index in [1.165, 1.54) is 0 Å². The van der Waals surface area contributed by atoms with Crippen LogP contribution < -0.4 is 0 Å². The third-order valence-electron chi connectivity index (χ3n) is 3.61. The molecule has 1 aliphatic rings. The molecular formula is C14H22N2OS. The fourth-order valence-corrected chi connectivity index (χ4v) is 3.21. The summed E-state index contributed by atoms with van der Waals surface area (Å²) in [5.41, 5.74) is 0. The van der Waals surface area contributed by atoms with E-state index < -0.39 is 0 Å². The molecule has 0 radical (unpaired) electrons. The van der Waals surface area contributed by atoms with Gasteiger partial charge in [-0.05, 0) is 38.4 Å². The molecule has 0 aliphatic carbocycles. The van der Waals surface area contributed by atoms with Crippen molar-refractivity contribution in [2.75, 3.05) is 33.2 Å². The van der Waals surface area contributed by atoms with E-state index in [1.54, 1.807) is 11.3 Å². The Morgan fingerprint density at radius 2 is 2.33 bits per heavy atom. The van der Waals surface area contributed by atoms with Crippen LogP contribution in [0.5, 0.6) is 0 Å². The van der Waals surface area contributed by atoms with Crippen LogP contribution in [0.25, 0.3) is 0 Å². The molecule has 1 atom stereocenters. The van der Waals surface area contributed by atoms with Crippen LogP contribution in [-0.2, 0) is 0 Å². The minimum Gasteiger partial charge on any atom is -0.304 e. The summed E-state index contributed by atoms with van der Waals surface area (Å²) in [6.07, 6.45) is 1.66. The molecule has 18 heavy (non-hydrogen) atoms. The van der Waals surface area contributed by atoms with E-state index in [-0.39, 0.29) is 0 Å². The summed E-state index contributed by atoms with van der Waals surface area (Å²) in [6, 6.07) is 4.48. The van der Waals surface area contributed by atoms with Crippen molar-refractivity contribution in [3.05, 3.63) is 22.4 Å². The van der Waals surface area contributed by atoms with Crippen molar-refractivity contribution in [1.29, 1.82) is 0 Å². The number of piperazine rings is 1. The normalized spacial score (nSPS) is 22.2. The summed E-state index contributed by atoms with van der Waals surface area (Å²) < 4.78 is 0. The highest BCUT2D eigenvalue weighted by Crippen LogP contribution is 2.14. The lowest BCUT2D eigenvalue weighted by Crippen LogP contribution is -2.50. The first-order valence-corrected chi connectivity index (χ1v) is 7.54. The van der Waals surface area contributed by atoms with E-state index in [0.29, 0.717) is 18.2 Å². The predicted molar refractivity (Wildman–Crippen MR) is 76.4 cm³/mol. The Hall–Kier alpha value is -0.710. The Morgan fingerprint density at radius 1 is 1.50 bits per heavy atom. The molecule has 2 rings (SSSR count). The van der Waals surface area contributed by atoms with Crippen molar-refractivity contribution in [1.82, 2.24) is 9.80 Å². The number of hydrogen-bond donors (Lipinski definition) is 0. The zero-order valence-electron chi connectivity index (χ0n) is 11.3. The summed E-state index contributed by atoms with van der Waals surface area (Å²) >= 11 is 1.55. The second-order valence-corrected chi connectivity index (χ2v) is 6.10. The number of hydrogen-bond acceptors (Lipinski definition) is 4. The van der Waals surface area contributed by atoms with Crippen LogP contribution in [0.1, 0.15) is 29.4 Å². The number of carbonyl (C=O) groups excluding carboxylic acids is 1. The first-order chi connectivity index (χ1) is 8.66. The molecule has 0 saturated carbocycles. The molecule has 1 fully saturated rings. The number of thiophene rings is 1. The van der Waals surface area contributed by atoms with Gasteiger partial charge in [0.05, 0.1) is 4.88 Å². The minimum atomic E-state index is 0.298. The fraction of sp³-hybridized carbons (Fsp3) is 0.643. The lowest BCUT2D eigenvalue weighted by atomic mass is 10.1. The number of likely N-dealkylation sites (N-methyl/N-ethyl adjacent to an activating group) is 1. The SMILES string of the molecule is CC1CN(C)CCN1CCCC(=O)c1cccs1. The van der Waals surface area contributed by atoms with Gasteiger partial charge in [0, 0.05) is 32.1 Å². The second kappa shape index (κ2) is 6.45. The van der Waals surface area contributed by atoms with Gasteiger partial charge in [-0.2, -0.15) is 0 Å². The largest absolute Gasteiger partial charge is 0.304 e. The van der Waals surface area contributed by atoms with E-state index in [1.807, 2.05) is 17.5 Å². The average Bonchev–Trinajstić information content (AvgIpc) is 2.85. The number of carbonyl (C=O) groups is 1. The molecule has 1 saturated heterocycles. The maximum absolute atomic E-state index is 11.9. The van der Waals surface area contributed by atoms with Gasteiger partial charge in [0.2, 0.25) is 0 Å². The lowest BCUT2D eigenvalue weighted by molar-refractivity contribution is 0.0902. The molecule has 2 heterocycles. The van der Waals surface area contributed by atoms with Crippen LogP contribution in [0.3, 0.4) is 0 Å². The van der Waals surface area contributed by atoms with E-state index in [0.717, 1.165) is 37.5 Å². The summed E-state index contributed by atoms with van der Waals surface area (Å²) in [7, 11) is 2.17. The molecule has 3 nitrogen and oxygen atoms in total. The molecule has 100 valence electrons. The highest BCUT2D eigenvalue weighted by atomic mass is 32.1. The Kier molecular flexibility index (Phi) is 4.92. The van der Waals surface area contributed by atoms with E-state index in [2.05, 4.69) is 23.8 Å². The van der Waals surface area contributed by atoms with Crippen LogP contribution in [0.2, 0.25) is 0 Å². The third-order valence-corrected chi connectivity index (χ3v) is 4.52. The summed E-state index contributed by atoms with van der Waals surface area (Å²) in [4.78, 5) is 17.6. The molecule has 0 bridgehead atoms. The van der Waals surface area contributed by atoms with Crippen LogP contribution in [-0.4, -0.2) is 54.9 Å². The Morgan fingerprint density at radius 3 is 3.00 bits per heavy atom. The Bertz CT molecular complexity index is 377. The van der Waals surface area contributed by atoms with Crippen molar-refractivity contribution < 1.29 is 4.79 Å². The Balaban J connectivity index is 1.71. The molecule has 0 spiro atoms. The van der Waals surface area contributed by atoms with Crippen molar-refractivity contribution in [2.45, 2.75) is 25.8 Å². The third kappa shape index (κ3) is 3.64. The smallest absolute Gasteiger partial charge is 0.172 e. The van der Waals surface area contributed by atoms with Gasteiger partial charge < -0.3 is 4.90 Å². The highest BCUT2D eigenvalue weighted by molar-refractivity contribution is 7.12. The maximum atomic E-state index is 11.9. The molecule has 4 heteroatoms. The van der Waals surface area contributed by atoms with Gasteiger partial charge in [-0.15, -0.1) is 11.3 Å². The summed E-state index contributed by atoms with van der Waals surface area (Å²) in [5.74, 6) is 0.298. The van der Waals surface area contributed by atoms with Gasteiger partial charge in [-0.25, -0.2) is 0 Å². The van der Waals surface area contributed by atoms with Crippen LogP contribution >= 0.6 is 11.3 Å². The van der Waals surface area contributed by atoms with Crippen LogP contribution in [0.4, 0.5) is 0 Å². The molecule has 1 aliphatic heterocycles. The van der Waals surface area contributed by atoms with Crippen molar-refractivity contribution in [3.8, 4) is 0 Å². The van der Waals surface area contributed by atoms with Gasteiger partial charge in [0.15, 0.2) is 5.78 Å². The van der Waals surface area contributed by atoms with E-state index in [4.69, 9.17) is 0 Å². The monoisotopic (exact) mass is 266 g/mol. The van der Waals surface area contributed by atoms with Crippen LogP contribution in [0, 0.1) is 0 Å². The van der Waals surface area contributed by atoms with Gasteiger partial charge in [0.25, 0.3) is 0 Å². The lowest BCUT2D eigenvalue weighted by Gasteiger charge is -2.38. The summed E-state index contributed by atoms with van der Waals surface area (Å²) in [6.45, 7) is 6.73. The first kappa shape index (κ1) is 13.7. The Labute approximate surface area is 113 Å². The number of rotatable bonds is 5. The van der Waals surface area contributed by atoms with Gasteiger partial charge in [0.1, 0.15) is 0 Å². The molecule has 0 amide bonds. The number of Topliss-reactive ketones (excluding diaryl/α,β-unsaturated/α-hetero) is 1. The first-order valence-electron chi connectivity index (χ1n) is 6.66. The van der Waals surface area contributed by atoms with E-state index in [9.17, 15) is 4.79 Å². The van der Waals surface area contributed by atoms with Gasteiger partial charge in [-0.1, -0.05) is 6.07 Å². The van der Waals surface area contributed by atoms with E-state index >= 15 is 0 Å². The maximum Gasteiger partial charge on any atom is 0.172 e. The van der Waals surface area contributed by atoms with Crippen molar-refractivity contribution >= 4 is 17.1 Å². The van der Waals surface area contributed by atoms with Crippen LogP contribution in [0.15, 0.2) is 17.5 Å². The second-order valence-electron chi connectivity index (χ2n) is 5.15. The zero-order valence-corrected chi connectivity index (χ0v) is 12.1. The number of nitrogens with zero attached hydrogens (tertiary/aromatic N) is 2. The minimum absolute atomic E-state index is 0.298. The van der Waals surface area contributed by atoms with Crippen molar-refractivity contribution in [2.24, 2.45) is 0 Å². The number of ketones is 1. The zero-order chi connectivity index (χ0) is 13.0. The summed E-state index contributed by atoms with van der Waals surface area (Å²) in [5, 5.41) is 1.97. The predicted octanol–water partition coefficient (Wildman–Crippen LogP) is 2.35. The van der Waals surface area contributed by atoms with Gasteiger partial charge >= 0.3 is 0 Å². The highest BCUT2D eigenvalue weighted by Gasteiger charge is 2.20. The van der Waals surface area contributed by atoms with Gasteiger partial charge in [-0.3, -0.25) is 9.69 Å². The standard InChI is InChI=1S/C14H22N2OS/c1-12-11-15(2)8-9-16(12)7-3-5-13(17)14-6-4-10-18-14/h4,6,10,12H,3,5,7-9,11H2,1-2H3. The fourth-order valence-electron chi connectivity index (χ4n) is 2.51. The molecular weight excluding hydrogens is 244 g/mol. The molecule has 1 unspecified atom stereocenters.